The molecule has 1 amide bonds. The molecule has 2 nitrogen and oxygen atoms in total. The maximum absolute atomic E-state index is 11.9. The highest BCUT2D eigenvalue weighted by Gasteiger charge is 2.19. The lowest BCUT2D eigenvalue weighted by atomic mass is 10.2. The second-order valence-corrected chi connectivity index (χ2v) is 4.91. The molecule has 0 bridgehead atoms. The molecule has 0 aromatic carbocycles. The highest BCUT2D eigenvalue weighted by Crippen LogP contribution is 2.30. The first-order valence-corrected chi connectivity index (χ1v) is 5.84. The third-order valence-corrected chi connectivity index (χ3v) is 3.86. The first kappa shape index (κ1) is 10.3. The van der Waals surface area contributed by atoms with Crippen molar-refractivity contribution < 1.29 is 4.79 Å². The van der Waals surface area contributed by atoms with Gasteiger partial charge in [0.15, 0.2) is 0 Å². The van der Waals surface area contributed by atoms with Crippen molar-refractivity contribution in [3.8, 4) is 12.3 Å². The molecular formula is C12H13NOS. The van der Waals surface area contributed by atoms with Crippen molar-refractivity contribution in [3.63, 3.8) is 0 Å². The number of fused-ring (bicyclic) bond motifs is 1. The predicted octanol–water partition coefficient (Wildman–Crippen LogP) is 1.94. The van der Waals surface area contributed by atoms with Gasteiger partial charge in [0, 0.05) is 11.9 Å². The molecule has 0 radical (unpaired) electrons. The van der Waals surface area contributed by atoms with Gasteiger partial charge in [-0.2, -0.15) is 0 Å². The molecule has 0 spiro atoms. The number of hydrogen-bond acceptors (Lipinski definition) is 2. The predicted molar refractivity (Wildman–Crippen MR) is 62.1 cm³/mol. The molecule has 0 N–H and O–H groups in total. The third kappa shape index (κ3) is 1.91. The zero-order chi connectivity index (χ0) is 10.8. The summed E-state index contributed by atoms with van der Waals surface area (Å²) in [6, 6.07) is 2.03. The van der Waals surface area contributed by atoms with Crippen LogP contribution in [0.2, 0.25) is 0 Å². The van der Waals surface area contributed by atoms with Gasteiger partial charge in [-0.15, -0.1) is 17.8 Å². The van der Waals surface area contributed by atoms with Crippen molar-refractivity contribution in [2.45, 2.75) is 19.3 Å². The third-order valence-electron chi connectivity index (χ3n) is 2.63. The minimum absolute atomic E-state index is 0.0485. The standard InChI is InChI=1S/C12H13NOS/c1-3-7-13(2)12(14)11-8-9-5-4-6-10(9)15-11/h1,8H,4-7H2,2H3. The molecule has 1 aromatic heterocycles. The lowest BCUT2D eigenvalue weighted by Gasteiger charge is -2.11. The van der Waals surface area contributed by atoms with Gasteiger partial charge in [-0.05, 0) is 30.9 Å². The number of aryl methyl sites for hydroxylation is 2. The van der Waals surface area contributed by atoms with Crippen LogP contribution < -0.4 is 0 Å². The summed E-state index contributed by atoms with van der Waals surface area (Å²) >= 11 is 1.62. The fourth-order valence-corrected chi connectivity index (χ4v) is 3.08. The van der Waals surface area contributed by atoms with E-state index in [1.165, 1.54) is 16.9 Å². The second-order valence-electron chi connectivity index (χ2n) is 3.78. The Morgan fingerprint density at radius 2 is 2.47 bits per heavy atom. The molecule has 0 saturated carbocycles. The molecule has 78 valence electrons. The van der Waals surface area contributed by atoms with Gasteiger partial charge >= 0.3 is 0 Å². The van der Waals surface area contributed by atoms with Crippen molar-refractivity contribution in [2.24, 2.45) is 0 Å². The first-order chi connectivity index (χ1) is 7.22. The Balaban J connectivity index is 2.16. The molecule has 0 atom stereocenters. The molecule has 0 unspecified atom stereocenters. The Kier molecular flexibility index (Phi) is 2.79. The average Bonchev–Trinajstić information content (AvgIpc) is 2.75. The van der Waals surface area contributed by atoms with E-state index in [2.05, 4.69) is 5.92 Å². The normalized spacial score (nSPS) is 13.3. The molecular weight excluding hydrogens is 206 g/mol. The van der Waals surface area contributed by atoms with Gasteiger partial charge in [-0.1, -0.05) is 5.92 Å². The van der Waals surface area contributed by atoms with Crippen molar-refractivity contribution in [1.82, 2.24) is 4.90 Å². The summed E-state index contributed by atoms with van der Waals surface area (Å²) in [5.74, 6) is 2.53. The van der Waals surface area contributed by atoms with E-state index in [-0.39, 0.29) is 5.91 Å². The van der Waals surface area contributed by atoms with E-state index < -0.39 is 0 Å². The van der Waals surface area contributed by atoms with Crippen LogP contribution in [0.1, 0.15) is 26.5 Å². The van der Waals surface area contributed by atoms with E-state index in [1.54, 1.807) is 23.3 Å². The Hall–Kier alpha value is -1.27. The van der Waals surface area contributed by atoms with E-state index in [9.17, 15) is 4.79 Å². The lowest BCUT2D eigenvalue weighted by molar-refractivity contribution is 0.0817. The number of terminal acetylenes is 1. The largest absolute Gasteiger partial charge is 0.330 e. The van der Waals surface area contributed by atoms with Gasteiger partial charge < -0.3 is 4.90 Å². The van der Waals surface area contributed by atoms with Crippen LogP contribution >= 0.6 is 11.3 Å². The molecule has 0 fully saturated rings. The van der Waals surface area contributed by atoms with Gasteiger partial charge in [0.1, 0.15) is 0 Å². The Morgan fingerprint density at radius 3 is 3.13 bits per heavy atom. The number of carbonyl (C=O) groups excluding carboxylic acids is 1. The zero-order valence-corrected chi connectivity index (χ0v) is 9.56. The quantitative estimate of drug-likeness (QED) is 0.696. The molecule has 1 aromatic rings. The molecule has 0 aliphatic heterocycles. The van der Waals surface area contributed by atoms with Crippen molar-refractivity contribution in [3.05, 3.63) is 21.4 Å². The first-order valence-electron chi connectivity index (χ1n) is 5.03. The van der Waals surface area contributed by atoms with Gasteiger partial charge in [-0.25, -0.2) is 0 Å². The maximum atomic E-state index is 11.9. The number of nitrogens with zero attached hydrogens (tertiary/aromatic N) is 1. The highest BCUT2D eigenvalue weighted by molar-refractivity contribution is 7.14. The van der Waals surface area contributed by atoms with Gasteiger partial charge in [0.2, 0.25) is 0 Å². The summed E-state index contributed by atoms with van der Waals surface area (Å²) in [5.41, 5.74) is 1.36. The molecule has 0 saturated heterocycles. The zero-order valence-electron chi connectivity index (χ0n) is 8.75. The maximum Gasteiger partial charge on any atom is 0.264 e. The SMILES string of the molecule is C#CCN(C)C(=O)c1cc2c(s1)CCC2. The molecule has 1 aliphatic carbocycles. The summed E-state index contributed by atoms with van der Waals surface area (Å²) in [4.78, 5) is 15.7. The summed E-state index contributed by atoms with van der Waals surface area (Å²) in [6.07, 6.45) is 8.66. The Bertz CT molecular complexity index is 406. The average molecular weight is 219 g/mol. The van der Waals surface area contributed by atoms with Gasteiger partial charge in [0.05, 0.1) is 11.4 Å². The van der Waals surface area contributed by atoms with E-state index in [0.29, 0.717) is 6.54 Å². The number of hydrogen-bond donors (Lipinski definition) is 0. The van der Waals surface area contributed by atoms with Crippen molar-refractivity contribution in [2.75, 3.05) is 13.6 Å². The number of carbonyl (C=O) groups is 1. The van der Waals surface area contributed by atoms with Gasteiger partial charge in [-0.3, -0.25) is 4.79 Å². The van der Waals surface area contributed by atoms with Crippen LogP contribution in [0.4, 0.5) is 0 Å². The Morgan fingerprint density at radius 1 is 1.67 bits per heavy atom. The fraction of sp³-hybridized carbons (Fsp3) is 0.417. The Labute approximate surface area is 93.9 Å². The van der Waals surface area contributed by atoms with E-state index in [0.717, 1.165) is 17.7 Å². The number of rotatable bonds is 2. The monoisotopic (exact) mass is 219 g/mol. The minimum Gasteiger partial charge on any atom is -0.330 e. The lowest BCUT2D eigenvalue weighted by Crippen LogP contribution is -2.26. The van der Waals surface area contributed by atoms with Crippen LogP contribution in [0.3, 0.4) is 0 Å². The summed E-state index contributed by atoms with van der Waals surface area (Å²) in [7, 11) is 1.74. The summed E-state index contributed by atoms with van der Waals surface area (Å²) in [6.45, 7) is 0.376. The van der Waals surface area contributed by atoms with E-state index in [4.69, 9.17) is 6.42 Å². The molecule has 1 heterocycles. The van der Waals surface area contributed by atoms with Crippen LogP contribution in [-0.2, 0) is 12.8 Å². The van der Waals surface area contributed by atoms with Crippen molar-refractivity contribution in [1.29, 1.82) is 0 Å². The highest BCUT2D eigenvalue weighted by atomic mass is 32.1. The number of amides is 1. The second kappa shape index (κ2) is 4.08. The summed E-state index contributed by atoms with van der Waals surface area (Å²) in [5, 5.41) is 0. The van der Waals surface area contributed by atoms with E-state index in [1.807, 2.05) is 6.07 Å². The number of thiophene rings is 1. The molecule has 2 rings (SSSR count). The van der Waals surface area contributed by atoms with Crippen LogP contribution in [0.15, 0.2) is 6.07 Å². The van der Waals surface area contributed by atoms with Crippen LogP contribution in [0.25, 0.3) is 0 Å². The van der Waals surface area contributed by atoms with Crippen LogP contribution in [-0.4, -0.2) is 24.4 Å². The van der Waals surface area contributed by atoms with Crippen molar-refractivity contribution >= 4 is 17.2 Å². The minimum atomic E-state index is 0.0485. The smallest absolute Gasteiger partial charge is 0.264 e. The topological polar surface area (TPSA) is 20.3 Å². The molecule has 1 aliphatic rings. The van der Waals surface area contributed by atoms with Crippen LogP contribution in [0, 0.1) is 12.3 Å². The fourth-order valence-electron chi connectivity index (χ4n) is 1.83. The molecule has 15 heavy (non-hydrogen) atoms. The summed E-state index contributed by atoms with van der Waals surface area (Å²) < 4.78 is 0. The molecule has 3 heteroatoms. The van der Waals surface area contributed by atoms with Crippen LogP contribution in [0.5, 0.6) is 0 Å². The van der Waals surface area contributed by atoms with E-state index >= 15 is 0 Å². The van der Waals surface area contributed by atoms with Gasteiger partial charge in [0.25, 0.3) is 5.91 Å².